The fourth-order valence-corrected chi connectivity index (χ4v) is 2.38. The van der Waals surface area contributed by atoms with Gasteiger partial charge in [0.15, 0.2) is 5.84 Å². The van der Waals surface area contributed by atoms with Crippen LogP contribution in [0.3, 0.4) is 0 Å². The molecule has 0 aliphatic heterocycles. The smallest absolute Gasteiger partial charge is 0.233 e. The van der Waals surface area contributed by atoms with Crippen molar-refractivity contribution in [2.45, 2.75) is 46.5 Å². The van der Waals surface area contributed by atoms with Crippen molar-refractivity contribution in [3.63, 3.8) is 0 Å². The molecule has 1 aliphatic rings. The van der Waals surface area contributed by atoms with E-state index in [0.717, 1.165) is 0 Å². The fourth-order valence-electron chi connectivity index (χ4n) is 2.38. The highest BCUT2D eigenvalue weighted by Gasteiger charge is 2.33. The lowest BCUT2D eigenvalue weighted by Crippen LogP contribution is -2.47. The molecule has 0 aromatic carbocycles. The monoisotopic (exact) mass is 255 g/mol. The Balaban J connectivity index is 2.50. The van der Waals surface area contributed by atoms with Gasteiger partial charge in [0.2, 0.25) is 5.91 Å². The number of amides is 1. The second-order valence-corrected chi connectivity index (χ2v) is 5.84. The second-order valence-electron chi connectivity index (χ2n) is 5.84. The van der Waals surface area contributed by atoms with Crippen molar-refractivity contribution in [2.75, 3.05) is 6.54 Å². The molecule has 5 heteroatoms. The number of nitrogens with zero attached hydrogens (tertiary/aromatic N) is 1. The van der Waals surface area contributed by atoms with E-state index >= 15 is 0 Å². The number of hydrogen-bond acceptors (Lipinski definition) is 3. The first-order chi connectivity index (χ1) is 8.39. The van der Waals surface area contributed by atoms with E-state index in [4.69, 9.17) is 10.9 Å². The van der Waals surface area contributed by atoms with Gasteiger partial charge in [-0.25, -0.2) is 0 Å². The van der Waals surface area contributed by atoms with Crippen molar-refractivity contribution < 1.29 is 10.0 Å². The van der Waals surface area contributed by atoms with Crippen LogP contribution in [0.5, 0.6) is 0 Å². The molecule has 1 fully saturated rings. The highest BCUT2D eigenvalue weighted by Crippen LogP contribution is 2.29. The third kappa shape index (κ3) is 3.37. The van der Waals surface area contributed by atoms with Gasteiger partial charge in [0.1, 0.15) is 5.41 Å². The van der Waals surface area contributed by atoms with Crippen molar-refractivity contribution >= 4 is 11.7 Å². The molecule has 2 unspecified atom stereocenters. The number of oxime groups is 1. The van der Waals surface area contributed by atoms with E-state index in [-0.39, 0.29) is 11.7 Å². The normalized spacial score (nSPS) is 25.8. The molecule has 1 rings (SSSR count). The highest BCUT2D eigenvalue weighted by atomic mass is 16.4. The molecule has 5 nitrogen and oxygen atoms in total. The summed E-state index contributed by atoms with van der Waals surface area (Å²) in [6, 6.07) is 0. The minimum atomic E-state index is -0.966. The van der Waals surface area contributed by atoms with Gasteiger partial charge < -0.3 is 16.3 Å². The molecule has 0 bridgehead atoms. The van der Waals surface area contributed by atoms with Gasteiger partial charge >= 0.3 is 0 Å². The number of amidine groups is 1. The summed E-state index contributed by atoms with van der Waals surface area (Å²) >= 11 is 0. The first-order valence-electron chi connectivity index (χ1n) is 6.66. The Kier molecular flexibility index (Phi) is 4.99. The third-order valence-electron chi connectivity index (χ3n) is 4.13. The van der Waals surface area contributed by atoms with Crippen LogP contribution in [0.1, 0.15) is 46.5 Å². The fraction of sp³-hybridized carbons (Fsp3) is 0.846. The van der Waals surface area contributed by atoms with E-state index < -0.39 is 5.41 Å². The Morgan fingerprint density at radius 1 is 1.44 bits per heavy atom. The minimum absolute atomic E-state index is 0.0586. The van der Waals surface area contributed by atoms with E-state index in [1.165, 1.54) is 25.7 Å². The minimum Gasteiger partial charge on any atom is -0.409 e. The van der Waals surface area contributed by atoms with Crippen LogP contribution in [0, 0.1) is 17.3 Å². The van der Waals surface area contributed by atoms with E-state index in [1.54, 1.807) is 13.8 Å². The lowest BCUT2D eigenvalue weighted by molar-refractivity contribution is -0.126. The number of hydrogen-bond donors (Lipinski definition) is 3. The maximum Gasteiger partial charge on any atom is 0.233 e. The Bertz CT molecular complexity index is 326. The zero-order chi connectivity index (χ0) is 13.8. The molecule has 0 spiro atoms. The predicted octanol–water partition coefficient (Wildman–Crippen LogP) is 1.70. The van der Waals surface area contributed by atoms with Crippen LogP contribution in [-0.4, -0.2) is 23.5 Å². The van der Waals surface area contributed by atoms with Crippen LogP contribution in [0.2, 0.25) is 0 Å². The molecule has 18 heavy (non-hydrogen) atoms. The standard InChI is InChI=1S/C13H25N3O2/c1-9-6-4-5-7-10(9)8-15-12(17)13(2,3)11(14)16-18/h9-10,18H,4-8H2,1-3H3,(H2,14,16)(H,15,17). The second kappa shape index (κ2) is 6.07. The number of rotatable bonds is 4. The molecule has 0 radical (unpaired) electrons. The van der Waals surface area contributed by atoms with Crippen LogP contribution in [0.4, 0.5) is 0 Å². The largest absolute Gasteiger partial charge is 0.409 e. The summed E-state index contributed by atoms with van der Waals surface area (Å²) in [6.45, 7) is 6.23. The molecule has 104 valence electrons. The van der Waals surface area contributed by atoms with Crippen LogP contribution < -0.4 is 11.1 Å². The Labute approximate surface area is 109 Å². The highest BCUT2D eigenvalue weighted by molar-refractivity contribution is 6.05. The van der Waals surface area contributed by atoms with E-state index in [2.05, 4.69) is 17.4 Å². The van der Waals surface area contributed by atoms with E-state index in [9.17, 15) is 4.79 Å². The van der Waals surface area contributed by atoms with Crippen molar-refractivity contribution in [3.05, 3.63) is 0 Å². The van der Waals surface area contributed by atoms with Gasteiger partial charge in [0, 0.05) is 6.54 Å². The van der Waals surface area contributed by atoms with E-state index in [1.807, 2.05) is 0 Å². The van der Waals surface area contributed by atoms with Crippen LogP contribution in [0.15, 0.2) is 5.16 Å². The van der Waals surface area contributed by atoms with Gasteiger partial charge in [-0.3, -0.25) is 4.79 Å². The Morgan fingerprint density at radius 3 is 2.61 bits per heavy atom. The molecule has 0 aromatic heterocycles. The summed E-state index contributed by atoms with van der Waals surface area (Å²) in [5, 5.41) is 14.5. The van der Waals surface area contributed by atoms with Gasteiger partial charge in [0.05, 0.1) is 0 Å². The molecule has 0 aromatic rings. The molecular formula is C13H25N3O2. The van der Waals surface area contributed by atoms with Crippen molar-refractivity contribution in [1.29, 1.82) is 0 Å². The number of carbonyl (C=O) groups is 1. The summed E-state index contributed by atoms with van der Waals surface area (Å²) < 4.78 is 0. The average molecular weight is 255 g/mol. The first-order valence-corrected chi connectivity index (χ1v) is 6.66. The molecule has 2 atom stereocenters. The molecule has 1 saturated carbocycles. The summed E-state index contributed by atoms with van der Waals surface area (Å²) in [5.74, 6) is 0.962. The third-order valence-corrected chi connectivity index (χ3v) is 4.13. The zero-order valence-electron chi connectivity index (χ0n) is 11.6. The average Bonchev–Trinajstić information content (AvgIpc) is 2.36. The SMILES string of the molecule is CC1CCCCC1CNC(=O)C(C)(C)C(N)=NO. The van der Waals surface area contributed by atoms with Gasteiger partial charge in [0.25, 0.3) is 0 Å². The molecular weight excluding hydrogens is 230 g/mol. The molecule has 1 aliphatic carbocycles. The van der Waals surface area contributed by atoms with Gasteiger partial charge in [-0.1, -0.05) is 31.3 Å². The zero-order valence-corrected chi connectivity index (χ0v) is 11.6. The molecule has 1 amide bonds. The lowest BCUT2D eigenvalue weighted by atomic mass is 9.80. The van der Waals surface area contributed by atoms with Gasteiger partial charge in [-0.05, 0) is 32.1 Å². The maximum atomic E-state index is 12.0. The number of nitrogens with one attached hydrogen (secondary N) is 1. The number of nitrogens with two attached hydrogens (primary N) is 1. The molecule has 0 saturated heterocycles. The van der Waals surface area contributed by atoms with Crippen molar-refractivity contribution in [3.8, 4) is 0 Å². The Morgan fingerprint density at radius 2 is 2.06 bits per heavy atom. The quantitative estimate of drug-likeness (QED) is 0.309. The molecule has 4 N–H and O–H groups in total. The van der Waals surface area contributed by atoms with Crippen LogP contribution >= 0.6 is 0 Å². The van der Waals surface area contributed by atoms with Crippen molar-refractivity contribution in [1.82, 2.24) is 5.32 Å². The summed E-state index contributed by atoms with van der Waals surface area (Å²) in [7, 11) is 0. The summed E-state index contributed by atoms with van der Waals surface area (Å²) in [4.78, 5) is 12.0. The summed E-state index contributed by atoms with van der Waals surface area (Å²) in [5.41, 5.74) is 4.56. The summed E-state index contributed by atoms with van der Waals surface area (Å²) in [6.07, 6.45) is 4.95. The van der Waals surface area contributed by atoms with Gasteiger partial charge in [-0.15, -0.1) is 0 Å². The molecule has 0 heterocycles. The van der Waals surface area contributed by atoms with Crippen molar-refractivity contribution in [2.24, 2.45) is 28.1 Å². The van der Waals surface area contributed by atoms with Gasteiger partial charge in [-0.2, -0.15) is 0 Å². The Hall–Kier alpha value is -1.26. The lowest BCUT2D eigenvalue weighted by Gasteiger charge is -2.30. The number of carbonyl (C=O) groups excluding carboxylic acids is 1. The predicted molar refractivity (Wildman–Crippen MR) is 71.3 cm³/mol. The van der Waals surface area contributed by atoms with Crippen LogP contribution in [-0.2, 0) is 4.79 Å². The maximum absolute atomic E-state index is 12.0. The topological polar surface area (TPSA) is 87.7 Å². The van der Waals surface area contributed by atoms with Crippen LogP contribution in [0.25, 0.3) is 0 Å². The first kappa shape index (κ1) is 14.8. The van der Waals surface area contributed by atoms with E-state index in [0.29, 0.717) is 18.4 Å².